The number of aliphatic carboxylic acids is 1. The predicted octanol–water partition coefficient (Wildman–Crippen LogP) is 9.17. The lowest BCUT2D eigenvalue weighted by Crippen LogP contribution is -2.26. The van der Waals surface area contributed by atoms with E-state index in [9.17, 15) is 9.90 Å². The van der Waals surface area contributed by atoms with Gasteiger partial charge >= 0.3 is 5.97 Å². The minimum Gasteiger partial charge on any atom is -0.487 e. The first-order chi connectivity index (χ1) is 22.6. The fourth-order valence-electron chi connectivity index (χ4n) is 5.38. The molecule has 1 atom stereocenters. The van der Waals surface area contributed by atoms with E-state index in [0.717, 1.165) is 53.6 Å². The van der Waals surface area contributed by atoms with Gasteiger partial charge < -0.3 is 14.6 Å². The number of thioether (sulfide) groups is 1. The Hall–Kier alpha value is -4.70. The standard InChI is InChI=1S/C37H28N2O4S3/c40-36(41)24-45-37(34-10-5-21-44-34,27-14-19-30(20-15-27)43-23-35-39-32-8-3-4-9-33(32)46-35)26-12-17-29(18-13-26)42-22-28-16-11-25-6-1-2-7-31(25)38-28/h1-21H,22-24H2,(H,40,41). The van der Waals surface area contributed by atoms with Gasteiger partial charge in [-0.25, -0.2) is 9.97 Å². The number of ether oxygens (including phenoxy) is 2. The monoisotopic (exact) mass is 660 g/mol. The van der Waals surface area contributed by atoms with Crippen LogP contribution in [0.5, 0.6) is 11.5 Å². The van der Waals surface area contributed by atoms with Crippen molar-refractivity contribution in [3.05, 3.63) is 153 Å². The largest absolute Gasteiger partial charge is 0.487 e. The maximum absolute atomic E-state index is 11.9. The third-order valence-corrected chi connectivity index (χ3v) is 11.2. The number of thiazole rings is 1. The molecule has 0 saturated carbocycles. The highest BCUT2D eigenvalue weighted by molar-refractivity contribution is 8.01. The normalized spacial score (nSPS) is 12.6. The molecule has 0 radical (unpaired) electrons. The van der Waals surface area contributed by atoms with Crippen molar-refractivity contribution in [2.24, 2.45) is 0 Å². The summed E-state index contributed by atoms with van der Waals surface area (Å²) in [6.45, 7) is 0.713. The lowest BCUT2D eigenvalue weighted by Gasteiger charge is -2.33. The molecule has 1 unspecified atom stereocenters. The fourth-order valence-corrected chi connectivity index (χ4v) is 8.60. The first-order valence-corrected chi connectivity index (χ1v) is 17.3. The third kappa shape index (κ3) is 6.35. The van der Waals surface area contributed by atoms with Gasteiger partial charge in [0.25, 0.3) is 0 Å². The summed E-state index contributed by atoms with van der Waals surface area (Å²) >= 11 is 4.62. The molecule has 3 aromatic heterocycles. The SMILES string of the molecule is O=C(O)CSC(c1ccc(OCc2ccc3ccccc3n2)cc1)(c1ccc(OCc2nc3ccccc3s2)cc1)c1cccs1. The first kappa shape index (κ1) is 30.0. The van der Waals surface area contributed by atoms with E-state index in [0.29, 0.717) is 19.0 Å². The van der Waals surface area contributed by atoms with E-state index in [-0.39, 0.29) is 5.75 Å². The highest BCUT2D eigenvalue weighted by atomic mass is 32.2. The third-order valence-electron chi connectivity index (χ3n) is 7.55. The zero-order chi connectivity index (χ0) is 31.3. The highest BCUT2D eigenvalue weighted by Crippen LogP contribution is 2.50. The summed E-state index contributed by atoms with van der Waals surface area (Å²) in [5.41, 5.74) is 4.67. The fraction of sp³-hybridized carbons (Fsp3) is 0.108. The van der Waals surface area contributed by atoms with Gasteiger partial charge in [0.05, 0.1) is 27.2 Å². The first-order valence-electron chi connectivity index (χ1n) is 14.6. The lowest BCUT2D eigenvalue weighted by molar-refractivity contribution is -0.133. The van der Waals surface area contributed by atoms with Gasteiger partial charge in [0.15, 0.2) is 0 Å². The molecule has 0 aliphatic carbocycles. The van der Waals surface area contributed by atoms with Crippen molar-refractivity contribution in [1.82, 2.24) is 9.97 Å². The van der Waals surface area contributed by atoms with E-state index < -0.39 is 10.7 Å². The second kappa shape index (κ2) is 13.3. The number of carboxylic acid groups (broad SMARTS) is 1. The topological polar surface area (TPSA) is 81.5 Å². The Morgan fingerprint density at radius 2 is 1.39 bits per heavy atom. The average molecular weight is 661 g/mol. The molecule has 9 heteroatoms. The van der Waals surface area contributed by atoms with Crippen LogP contribution >= 0.6 is 34.4 Å². The van der Waals surface area contributed by atoms with E-state index in [1.807, 2.05) is 109 Å². The van der Waals surface area contributed by atoms with Gasteiger partial charge in [-0.05, 0) is 71.1 Å². The van der Waals surface area contributed by atoms with Crippen molar-refractivity contribution in [2.45, 2.75) is 18.0 Å². The van der Waals surface area contributed by atoms with Crippen LogP contribution in [0.4, 0.5) is 0 Å². The number of pyridine rings is 1. The Balaban J connectivity index is 1.15. The second-order valence-electron chi connectivity index (χ2n) is 10.5. The molecular formula is C37H28N2O4S3. The maximum atomic E-state index is 11.9. The van der Waals surface area contributed by atoms with Gasteiger partial charge in [-0.15, -0.1) is 34.4 Å². The molecule has 7 aromatic rings. The van der Waals surface area contributed by atoms with Crippen LogP contribution in [0.15, 0.2) is 127 Å². The van der Waals surface area contributed by atoms with Crippen LogP contribution in [0, 0.1) is 0 Å². The number of carbonyl (C=O) groups is 1. The molecule has 0 aliphatic heterocycles. The molecule has 0 fully saturated rings. The van der Waals surface area contributed by atoms with Crippen molar-refractivity contribution in [2.75, 3.05) is 5.75 Å². The number of rotatable bonds is 12. The van der Waals surface area contributed by atoms with Crippen molar-refractivity contribution in [3.8, 4) is 11.5 Å². The van der Waals surface area contributed by atoms with E-state index in [2.05, 4.69) is 23.2 Å². The molecule has 0 aliphatic rings. The number of benzene rings is 4. The number of aromatic nitrogens is 2. The summed E-state index contributed by atoms with van der Waals surface area (Å²) in [7, 11) is 0. The van der Waals surface area contributed by atoms with Crippen LogP contribution in [-0.4, -0.2) is 26.8 Å². The predicted molar refractivity (Wildman–Crippen MR) is 187 cm³/mol. The number of fused-ring (bicyclic) bond motifs is 2. The second-order valence-corrected chi connectivity index (χ2v) is 13.8. The minimum atomic E-state index is -0.871. The van der Waals surface area contributed by atoms with Gasteiger partial charge in [-0.2, -0.15) is 0 Å². The Kier molecular flexibility index (Phi) is 8.70. The lowest BCUT2D eigenvalue weighted by atomic mass is 9.88. The Bertz CT molecular complexity index is 2060. The van der Waals surface area contributed by atoms with E-state index in [4.69, 9.17) is 14.5 Å². The van der Waals surface area contributed by atoms with Crippen LogP contribution in [0.25, 0.3) is 21.1 Å². The molecule has 0 bridgehead atoms. The van der Waals surface area contributed by atoms with Gasteiger partial charge in [-0.3, -0.25) is 4.79 Å². The average Bonchev–Trinajstić information content (AvgIpc) is 3.78. The molecule has 7 rings (SSSR count). The van der Waals surface area contributed by atoms with Crippen molar-refractivity contribution >= 4 is 61.5 Å². The summed E-state index contributed by atoms with van der Waals surface area (Å²) < 4.78 is 12.6. The minimum absolute atomic E-state index is 0.0698. The molecule has 228 valence electrons. The summed E-state index contributed by atoms with van der Waals surface area (Å²) in [6, 6.07) is 40.0. The zero-order valence-electron chi connectivity index (χ0n) is 24.5. The summed E-state index contributed by atoms with van der Waals surface area (Å²) in [5, 5.41) is 13.8. The summed E-state index contributed by atoms with van der Waals surface area (Å²) in [5.74, 6) is 0.488. The quantitative estimate of drug-likeness (QED) is 0.140. The van der Waals surface area contributed by atoms with Crippen molar-refractivity contribution in [1.29, 1.82) is 0 Å². The van der Waals surface area contributed by atoms with Gasteiger partial charge in [-0.1, -0.05) is 66.7 Å². The Labute approximate surface area is 278 Å². The number of hydrogen-bond donors (Lipinski definition) is 1. The van der Waals surface area contributed by atoms with Crippen LogP contribution in [0.1, 0.15) is 26.7 Å². The van der Waals surface area contributed by atoms with Crippen LogP contribution in [0.3, 0.4) is 0 Å². The molecule has 0 amide bonds. The molecule has 1 N–H and O–H groups in total. The molecule has 46 heavy (non-hydrogen) atoms. The van der Waals surface area contributed by atoms with Gasteiger partial charge in [0.2, 0.25) is 0 Å². The van der Waals surface area contributed by atoms with Crippen molar-refractivity contribution < 1.29 is 19.4 Å². The molecule has 3 heterocycles. The van der Waals surface area contributed by atoms with E-state index >= 15 is 0 Å². The Morgan fingerprint density at radius 1 is 0.717 bits per heavy atom. The number of nitrogens with zero attached hydrogens (tertiary/aromatic N) is 2. The number of carboxylic acids is 1. The molecular weight excluding hydrogens is 633 g/mol. The van der Waals surface area contributed by atoms with Crippen molar-refractivity contribution in [3.63, 3.8) is 0 Å². The summed E-state index contributed by atoms with van der Waals surface area (Å²) in [6.07, 6.45) is 0. The van der Waals surface area contributed by atoms with E-state index in [1.165, 1.54) is 11.8 Å². The van der Waals surface area contributed by atoms with Crippen LogP contribution in [-0.2, 0) is 22.8 Å². The molecule has 0 saturated heterocycles. The molecule has 6 nitrogen and oxygen atoms in total. The van der Waals surface area contributed by atoms with Crippen LogP contribution < -0.4 is 9.47 Å². The molecule has 0 spiro atoms. The van der Waals surface area contributed by atoms with Crippen LogP contribution in [0.2, 0.25) is 0 Å². The van der Waals surface area contributed by atoms with Gasteiger partial charge in [0, 0.05) is 10.3 Å². The Morgan fingerprint density at radius 3 is 2.07 bits per heavy atom. The highest BCUT2D eigenvalue weighted by Gasteiger charge is 2.39. The van der Waals surface area contributed by atoms with Gasteiger partial charge in [0.1, 0.15) is 34.5 Å². The smallest absolute Gasteiger partial charge is 0.313 e. The van der Waals surface area contributed by atoms with E-state index in [1.54, 1.807) is 22.7 Å². The number of thiophene rings is 1. The number of para-hydroxylation sites is 2. The molecule has 4 aromatic carbocycles. The summed E-state index contributed by atoms with van der Waals surface area (Å²) in [4.78, 5) is 22.3. The maximum Gasteiger partial charge on any atom is 0.313 e. The zero-order valence-corrected chi connectivity index (χ0v) is 27.0. The number of hydrogen-bond acceptors (Lipinski definition) is 8.